The van der Waals surface area contributed by atoms with Crippen LogP contribution in [-0.4, -0.2) is 40.6 Å². The molecule has 0 radical (unpaired) electrons. The van der Waals surface area contributed by atoms with Crippen LogP contribution in [0.25, 0.3) is 10.8 Å². The summed E-state index contributed by atoms with van der Waals surface area (Å²) >= 11 is 0. The van der Waals surface area contributed by atoms with Gasteiger partial charge in [0.05, 0.1) is 45.4 Å². The molecule has 0 atom stereocenters. The predicted octanol–water partition coefficient (Wildman–Crippen LogP) is 4.33. The van der Waals surface area contributed by atoms with Crippen molar-refractivity contribution in [2.45, 2.75) is 32.6 Å². The van der Waals surface area contributed by atoms with E-state index in [-0.39, 0.29) is 5.97 Å². The van der Waals surface area contributed by atoms with Crippen molar-refractivity contribution in [2.24, 2.45) is 5.16 Å². The number of fused-ring (bicyclic) bond motifs is 1. The van der Waals surface area contributed by atoms with Crippen LogP contribution in [0.15, 0.2) is 23.4 Å². The molecule has 7 nitrogen and oxygen atoms in total. The Bertz CT molecular complexity index is 847. The van der Waals surface area contributed by atoms with Gasteiger partial charge < -0.3 is 23.8 Å². The van der Waals surface area contributed by atoms with Crippen molar-refractivity contribution in [1.29, 1.82) is 0 Å². The average Bonchev–Trinajstić information content (AvgIpc) is 2.72. The number of carbonyl (C=O) groups is 1. The minimum atomic E-state index is -0.365. The molecule has 0 aliphatic rings. The predicted molar refractivity (Wildman–Crippen MR) is 108 cm³/mol. The summed E-state index contributed by atoms with van der Waals surface area (Å²) in [4.78, 5) is 16.7. The maximum atomic E-state index is 11.8. The number of carbonyl (C=O) groups excluding carboxylic acids is 1. The molecular weight excluding hydrogens is 362 g/mol. The molecule has 0 aromatic heterocycles. The molecule has 0 amide bonds. The van der Waals surface area contributed by atoms with Crippen LogP contribution in [0.3, 0.4) is 0 Å². The van der Waals surface area contributed by atoms with Gasteiger partial charge in [0.15, 0.2) is 0 Å². The normalized spacial score (nSPS) is 10.9. The first-order valence-corrected chi connectivity index (χ1v) is 9.14. The van der Waals surface area contributed by atoms with Gasteiger partial charge in [0.25, 0.3) is 0 Å². The van der Waals surface area contributed by atoms with E-state index in [1.54, 1.807) is 46.6 Å². The number of rotatable bonds is 10. The number of oxime groups is 1. The molecule has 28 heavy (non-hydrogen) atoms. The highest BCUT2D eigenvalue weighted by Gasteiger charge is 2.20. The molecule has 2 aromatic carbocycles. The molecule has 0 saturated carbocycles. The van der Waals surface area contributed by atoms with Crippen LogP contribution in [0.4, 0.5) is 0 Å². The molecule has 0 N–H and O–H groups in total. The minimum Gasteiger partial charge on any atom is -0.496 e. The highest BCUT2D eigenvalue weighted by molar-refractivity contribution is 6.06. The fourth-order valence-corrected chi connectivity index (χ4v) is 2.98. The van der Waals surface area contributed by atoms with E-state index in [0.29, 0.717) is 40.4 Å². The highest BCUT2D eigenvalue weighted by atomic mass is 16.7. The minimum absolute atomic E-state index is 0.342. The maximum Gasteiger partial charge on any atom is 0.335 e. The van der Waals surface area contributed by atoms with Gasteiger partial charge in [-0.15, -0.1) is 0 Å². The van der Waals surface area contributed by atoms with E-state index in [1.807, 2.05) is 0 Å². The third-order valence-electron chi connectivity index (χ3n) is 4.35. The van der Waals surface area contributed by atoms with Gasteiger partial charge in [-0.25, -0.2) is 4.79 Å². The second-order valence-electron chi connectivity index (χ2n) is 6.08. The highest BCUT2D eigenvalue weighted by Crippen LogP contribution is 2.45. The molecule has 0 aliphatic heterocycles. The van der Waals surface area contributed by atoms with Gasteiger partial charge in [0.1, 0.15) is 23.0 Å². The van der Waals surface area contributed by atoms with Crippen molar-refractivity contribution in [2.75, 3.05) is 28.4 Å². The van der Waals surface area contributed by atoms with Crippen molar-refractivity contribution >= 4 is 23.0 Å². The molecule has 0 unspecified atom stereocenters. The molecule has 0 bridgehead atoms. The first-order valence-electron chi connectivity index (χ1n) is 9.14. The fourth-order valence-electron chi connectivity index (χ4n) is 2.98. The van der Waals surface area contributed by atoms with Crippen LogP contribution in [0.5, 0.6) is 23.0 Å². The molecule has 0 fully saturated rings. The Balaban J connectivity index is 2.46. The van der Waals surface area contributed by atoms with Gasteiger partial charge >= 0.3 is 5.97 Å². The number of nitrogens with zero attached hydrogens (tertiary/aromatic N) is 1. The number of unbranched alkanes of at least 4 members (excludes halogenated alkanes) is 2. The van der Waals surface area contributed by atoms with E-state index in [9.17, 15) is 4.79 Å². The van der Waals surface area contributed by atoms with Crippen molar-refractivity contribution in [3.05, 3.63) is 23.8 Å². The van der Waals surface area contributed by atoms with E-state index in [4.69, 9.17) is 23.8 Å². The zero-order valence-corrected chi connectivity index (χ0v) is 17.0. The van der Waals surface area contributed by atoms with Gasteiger partial charge in [-0.1, -0.05) is 24.9 Å². The van der Waals surface area contributed by atoms with Crippen molar-refractivity contribution < 1.29 is 28.6 Å². The van der Waals surface area contributed by atoms with Gasteiger partial charge in [-0.2, -0.15) is 0 Å². The first-order chi connectivity index (χ1) is 13.6. The molecule has 0 spiro atoms. The van der Waals surface area contributed by atoms with Gasteiger partial charge in [0, 0.05) is 12.0 Å². The smallest absolute Gasteiger partial charge is 0.335 e. The Morgan fingerprint density at radius 1 is 0.929 bits per heavy atom. The SMILES string of the molecule is CCCCCC(=O)ON=Cc1cc(OC)c2c(OC)ccc(OC)c2c1OC. The van der Waals surface area contributed by atoms with Crippen LogP contribution < -0.4 is 18.9 Å². The Morgan fingerprint density at radius 2 is 1.57 bits per heavy atom. The van der Waals surface area contributed by atoms with E-state index in [1.165, 1.54) is 6.21 Å². The first kappa shape index (κ1) is 21.3. The lowest BCUT2D eigenvalue weighted by molar-refractivity contribution is -0.143. The fraction of sp³-hybridized carbons (Fsp3) is 0.429. The Hall–Kier alpha value is -2.96. The Labute approximate surface area is 165 Å². The monoisotopic (exact) mass is 389 g/mol. The van der Waals surface area contributed by atoms with Crippen LogP contribution in [-0.2, 0) is 9.63 Å². The third-order valence-corrected chi connectivity index (χ3v) is 4.35. The molecule has 0 saturated heterocycles. The quantitative estimate of drug-likeness (QED) is 0.261. The molecular formula is C21H27NO6. The average molecular weight is 389 g/mol. The molecule has 7 heteroatoms. The number of hydrogen-bond acceptors (Lipinski definition) is 7. The van der Waals surface area contributed by atoms with Crippen molar-refractivity contribution in [3.63, 3.8) is 0 Å². The zero-order chi connectivity index (χ0) is 20.5. The summed E-state index contributed by atoms with van der Waals surface area (Å²) < 4.78 is 22.1. The molecule has 2 rings (SSSR count). The summed E-state index contributed by atoms with van der Waals surface area (Å²) in [5.41, 5.74) is 0.583. The van der Waals surface area contributed by atoms with Crippen LogP contribution >= 0.6 is 0 Å². The third kappa shape index (κ3) is 4.65. The second kappa shape index (κ2) is 10.4. The summed E-state index contributed by atoms with van der Waals surface area (Å²) in [6.07, 6.45) is 4.58. The van der Waals surface area contributed by atoms with Gasteiger partial charge in [-0.05, 0) is 24.6 Å². The number of hydrogen-bond donors (Lipinski definition) is 0. The number of ether oxygens (including phenoxy) is 4. The van der Waals surface area contributed by atoms with E-state index >= 15 is 0 Å². The summed E-state index contributed by atoms with van der Waals surface area (Å²) in [5, 5.41) is 5.22. The molecule has 0 aliphatic carbocycles. The van der Waals surface area contributed by atoms with E-state index in [2.05, 4.69) is 12.1 Å². The number of benzene rings is 2. The second-order valence-corrected chi connectivity index (χ2v) is 6.08. The topological polar surface area (TPSA) is 75.6 Å². The van der Waals surface area contributed by atoms with Crippen LogP contribution in [0, 0.1) is 0 Å². The van der Waals surface area contributed by atoms with Crippen LogP contribution in [0.2, 0.25) is 0 Å². The largest absolute Gasteiger partial charge is 0.496 e. The summed E-state index contributed by atoms with van der Waals surface area (Å²) in [7, 11) is 6.27. The molecule has 2 aromatic rings. The summed E-state index contributed by atoms with van der Waals surface area (Å²) in [6, 6.07) is 5.34. The van der Waals surface area contributed by atoms with E-state index < -0.39 is 0 Å². The van der Waals surface area contributed by atoms with Gasteiger partial charge in [0.2, 0.25) is 0 Å². The summed E-state index contributed by atoms with van der Waals surface area (Å²) in [5.74, 6) is 1.92. The van der Waals surface area contributed by atoms with Gasteiger partial charge in [-0.3, -0.25) is 0 Å². The summed E-state index contributed by atoms with van der Waals surface area (Å²) in [6.45, 7) is 2.08. The molecule has 0 heterocycles. The zero-order valence-electron chi connectivity index (χ0n) is 17.0. The Kier molecular flexibility index (Phi) is 7.92. The van der Waals surface area contributed by atoms with Crippen LogP contribution in [0.1, 0.15) is 38.2 Å². The van der Waals surface area contributed by atoms with Crippen molar-refractivity contribution in [3.8, 4) is 23.0 Å². The standard InChI is InChI=1S/C21H27NO6/c1-6-7-8-9-18(23)28-22-13-14-12-17(26-4)19-15(24-2)10-11-16(25-3)20(19)21(14)27-5/h10-13H,6-9H2,1-5H3. The molecule has 152 valence electrons. The lowest BCUT2D eigenvalue weighted by Crippen LogP contribution is -2.01. The van der Waals surface area contributed by atoms with E-state index in [0.717, 1.165) is 24.6 Å². The Morgan fingerprint density at radius 3 is 2.14 bits per heavy atom. The number of methoxy groups -OCH3 is 4. The lowest BCUT2D eigenvalue weighted by Gasteiger charge is -2.17. The maximum absolute atomic E-state index is 11.8. The lowest BCUT2D eigenvalue weighted by atomic mass is 10.0. The van der Waals surface area contributed by atoms with Crippen molar-refractivity contribution in [1.82, 2.24) is 0 Å².